The Kier molecular flexibility index (Phi) is 16.6. The second kappa shape index (κ2) is 21.5. The van der Waals surface area contributed by atoms with Crippen LogP contribution in [0.3, 0.4) is 0 Å². The molecule has 0 saturated carbocycles. The van der Waals surface area contributed by atoms with Gasteiger partial charge in [-0.3, -0.25) is 4.68 Å². The standard InChI is InChI=1S/C30H55N5O4Si2.C17H23N7/c1-11-25-27(24-13-12-16-33(21-24)29(36)39-30(2,3)4)32-26-14-15-31-35(26)28(25)34(22-37-17-19-40(5,6)7)23-38-18-20-41(8,9)10;1-3-13-15(11-5-4-6-19-7-11)22-17-14(9-21-24(17)16(13)18)12-8-20-23(2)10-12/h14-15,24H,11-13,16-23H2,1-10H3;8-11,19H,3-7,18H2,1-2H3. The Labute approximate surface area is 389 Å². The summed E-state index contributed by atoms with van der Waals surface area (Å²) in [5, 5.41) is 16.9. The van der Waals surface area contributed by atoms with Gasteiger partial charge in [-0.1, -0.05) is 53.1 Å². The van der Waals surface area contributed by atoms with E-state index in [1.165, 1.54) is 6.42 Å². The first-order chi connectivity index (χ1) is 30.8. The molecule has 2 saturated heterocycles. The van der Waals surface area contributed by atoms with Crippen molar-refractivity contribution in [3.8, 4) is 11.1 Å². The van der Waals surface area contributed by atoms with E-state index in [1.807, 2.05) is 61.9 Å². The van der Waals surface area contributed by atoms with Gasteiger partial charge in [0.05, 0.1) is 30.0 Å². The lowest BCUT2D eigenvalue weighted by Gasteiger charge is -2.35. The van der Waals surface area contributed by atoms with Crippen molar-refractivity contribution in [2.45, 2.75) is 142 Å². The number of aromatic nitrogens is 8. The molecule has 0 bridgehead atoms. The van der Waals surface area contributed by atoms with Gasteiger partial charge in [0.1, 0.15) is 30.7 Å². The van der Waals surface area contributed by atoms with Gasteiger partial charge in [-0.15, -0.1) is 0 Å². The van der Waals surface area contributed by atoms with Crippen molar-refractivity contribution in [1.29, 1.82) is 0 Å². The summed E-state index contributed by atoms with van der Waals surface area (Å²) in [5.41, 5.74) is 14.0. The molecule has 16 nitrogen and oxygen atoms in total. The van der Waals surface area contributed by atoms with Crippen molar-refractivity contribution in [2.75, 3.05) is 63.5 Å². The summed E-state index contributed by atoms with van der Waals surface area (Å²) in [6, 6.07) is 4.18. The smallest absolute Gasteiger partial charge is 0.410 e. The fourth-order valence-electron chi connectivity index (χ4n) is 8.55. The first-order valence-corrected chi connectivity index (χ1v) is 31.3. The Balaban J connectivity index is 0.000000245. The van der Waals surface area contributed by atoms with E-state index < -0.39 is 21.7 Å². The number of nitrogens with one attached hydrogen (secondary N) is 1. The van der Waals surface area contributed by atoms with Crippen LogP contribution in [0.5, 0.6) is 0 Å². The number of carbonyl (C=O) groups is 1. The summed E-state index contributed by atoms with van der Waals surface area (Å²) in [6.07, 6.45) is 13.1. The van der Waals surface area contributed by atoms with Crippen molar-refractivity contribution in [3.05, 3.63) is 53.4 Å². The molecule has 7 heterocycles. The first-order valence-electron chi connectivity index (χ1n) is 23.9. The minimum Gasteiger partial charge on any atom is -0.444 e. The lowest BCUT2D eigenvalue weighted by Crippen LogP contribution is -2.42. The molecule has 0 aromatic carbocycles. The minimum absolute atomic E-state index is 0.118. The number of nitrogens with two attached hydrogens (primary N) is 1. The first kappa shape index (κ1) is 50.1. The molecule has 5 aromatic rings. The van der Waals surface area contributed by atoms with Crippen LogP contribution in [-0.4, -0.2) is 125 Å². The minimum atomic E-state index is -1.21. The number of hydrogen-bond donors (Lipinski definition) is 2. The number of nitrogens with zero attached hydrogens (tertiary/aromatic N) is 10. The van der Waals surface area contributed by atoms with Crippen LogP contribution in [0.1, 0.15) is 94.7 Å². The molecular formula is C47H78N12O4Si2. The second-order valence-electron chi connectivity index (χ2n) is 21.2. The zero-order valence-corrected chi connectivity index (χ0v) is 43.5. The van der Waals surface area contributed by atoms with Gasteiger partial charge in [0.2, 0.25) is 0 Å². The average molecular weight is 931 g/mol. The number of piperidine rings is 2. The highest BCUT2D eigenvalue weighted by atomic mass is 28.3. The van der Waals surface area contributed by atoms with Crippen molar-refractivity contribution >= 4 is 45.2 Å². The largest absolute Gasteiger partial charge is 0.444 e. The molecule has 7 rings (SSSR count). The predicted octanol–water partition coefficient (Wildman–Crippen LogP) is 8.58. The van der Waals surface area contributed by atoms with Crippen LogP contribution in [-0.2, 0) is 34.1 Å². The SMILES string of the molecule is CCc1c(C2CCCN(C(=O)OC(C)(C)C)C2)nc2ccnn2c1N(COCC[Si](C)(C)C)COCC[Si](C)(C)C.CCc1c(C2CCCNC2)nc2c(-c3cnn(C)c3)cnn2c1N. The van der Waals surface area contributed by atoms with Crippen LogP contribution in [0, 0.1) is 0 Å². The van der Waals surface area contributed by atoms with E-state index in [9.17, 15) is 4.79 Å². The highest BCUT2D eigenvalue weighted by Crippen LogP contribution is 2.35. The lowest BCUT2D eigenvalue weighted by atomic mass is 9.91. The molecule has 5 aromatic heterocycles. The molecule has 0 radical (unpaired) electrons. The van der Waals surface area contributed by atoms with E-state index >= 15 is 0 Å². The van der Waals surface area contributed by atoms with Crippen LogP contribution in [0.4, 0.5) is 16.4 Å². The molecular weight excluding hydrogens is 853 g/mol. The van der Waals surface area contributed by atoms with Gasteiger partial charge >= 0.3 is 6.09 Å². The maximum Gasteiger partial charge on any atom is 0.410 e. The van der Waals surface area contributed by atoms with Gasteiger partial charge < -0.3 is 35.1 Å². The Hall–Kier alpha value is -4.37. The number of fused-ring (bicyclic) bond motifs is 2. The highest BCUT2D eigenvalue weighted by molar-refractivity contribution is 6.76. The Bertz CT molecular complexity index is 2310. The van der Waals surface area contributed by atoms with Crippen LogP contribution >= 0.6 is 0 Å². The van der Waals surface area contributed by atoms with Crippen molar-refractivity contribution < 1.29 is 19.0 Å². The molecule has 2 aliphatic rings. The third-order valence-corrected chi connectivity index (χ3v) is 15.5. The average Bonchev–Trinajstić information content (AvgIpc) is 4.02. The topological polar surface area (TPSA) is 167 Å². The van der Waals surface area contributed by atoms with Gasteiger partial charge in [0, 0.05) is 102 Å². The summed E-state index contributed by atoms with van der Waals surface area (Å²) in [4.78, 5) is 27.1. The van der Waals surface area contributed by atoms with Crippen LogP contribution in [0.15, 0.2) is 30.9 Å². The Morgan fingerprint density at radius 1 is 0.877 bits per heavy atom. The van der Waals surface area contributed by atoms with Gasteiger partial charge in [0.25, 0.3) is 0 Å². The lowest BCUT2D eigenvalue weighted by molar-refractivity contribution is 0.0197. The van der Waals surface area contributed by atoms with Crippen LogP contribution < -0.4 is 16.0 Å². The van der Waals surface area contributed by atoms with E-state index in [4.69, 9.17) is 29.9 Å². The van der Waals surface area contributed by atoms with E-state index in [0.29, 0.717) is 38.3 Å². The normalized spacial score (nSPS) is 17.4. The van der Waals surface area contributed by atoms with Crippen molar-refractivity contribution in [2.24, 2.45) is 7.05 Å². The van der Waals surface area contributed by atoms with Crippen LogP contribution in [0.2, 0.25) is 51.4 Å². The maximum atomic E-state index is 13.0. The summed E-state index contributed by atoms with van der Waals surface area (Å²) < 4.78 is 23.8. The quantitative estimate of drug-likeness (QED) is 0.0551. The fraction of sp³-hybridized carbons (Fsp3) is 0.660. The fourth-order valence-corrected chi connectivity index (χ4v) is 10.1. The zero-order valence-electron chi connectivity index (χ0n) is 41.5. The second-order valence-corrected chi connectivity index (χ2v) is 32.5. The summed E-state index contributed by atoms with van der Waals surface area (Å²) in [5.74, 6) is 2.22. The Morgan fingerprint density at radius 3 is 2.12 bits per heavy atom. The molecule has 3 N–H and O–H groups in total. The van der Waals surface area contributed by atoms with E-state index in [1.54, 1.807) is 15.4 Å². The molecule has 2 unspecified atom stereocenters. The number of amides is 1. The van der Waals surface area contributed by atoms with E-state index in [2.05, 4.69) is 78.6 Å². The number of anilines is 2. The van der Waals surface area contributed by atoms with Crippen molar-refractivity contribution in [3.63, 3.8) is 0 Å². The highest BCUT2D eigenvalue weighted by Gasteiger charge is 2.33. The molecule has 358 valence electrons. The number of aryl methyl sites for hydroxylation is 1. The van der Waals surface area contributed by atoms with Gasteiger partial charge in [-0.25, -0.2) is 14.8 Å². The number of hydrogen-bond acceptors (Lipinski definition) is 12. The summed E-state index contributed by atoms with van der Waals surface area (Å²) >= 11 is 0. The number of rotatable bonds is 16. The maximum absolute atomic E-state index is 13.0. The number of ether oxygens (including phenoxy) is 3. The monoisotopic (exact) mass is 931 g/mol. The number of likely N-dealkylation sites (tertiary alicyclic amines) is 1. The van der Waals surface area contributed by atoms with E-state index in [0.717, 1.165) is 121 Å². The predicted molar refractivity (Wildman–Crippen MR) is 266 cm³/mol. The zero-order chi connectivity index (χ0) is 47.1. The molecule has 18 heteroatoms. The van der Waals surface area contributed by atoms with Gasteiger partial charge in [-0.05, 0) is 77.9 Å². The third kappa shape index (κ3) is 13.2. The molecule has 1 amide bonds. The van der Waals surface area contributed by atoms with Crippen molar-refractivity contribution in [1.82, 2.24) is 49.2 Å². The molecule has 2 atom stereocenters. The summed E-state index contributed by atoms with van der Waals surface area (Å²) in [6.45, 7) is 29.9. The van der Waals surface area contributed by atoms with Gasteiger partial charge in [0.15, 0.2) is 11.3 Å². The molecule has 2 aliphatic heterocycles. The molecule has 0 aliphatic carbocycles. The molecule has 2 fully saturated rings. The number of carbonyl (C=O) groups excluding carboxylic acids is 1. The third-order valence-electron chi connectivity index (χ3n) is 12.1. The summed E-state index contributed by atoms with van der Waals surface area (Å²) in [7, 11) is -0.520. The molecule has 65 heavy (non-hydrogen) atoms. The number of nitrogen functional groups attached to an aromatic ring is 1. The Morgan fingerprint density at radius 2 is 1.54 bits per heavy atom. The van der Waals surface area contributed by atoms with E-state index in [-0.39, 0.29) is 12.0 Å². The van der Waals surface area contributed by atoms with Gasteiger partial charge in [-0.2, -0.15) is 24.3 Å². The van der Waals surface area contributed by atoms with Crippen LogP contribution in [0.25, 0.3) is 22.4 Å². The molecule has 0 spiro atoms.